The van der Waals surface area contributed by atoms with E-state index >= 15 is 0 Å². The normalized spacial score (nSPS) is 26.9. The molecule has 0 aliphatic heterocycles. The summed E-state index contributed by atoms with van der Waals surface area (Å²) in [5.41, 5.74) is 0. The maximum absolute atomic E-state index is 4.46. The lowest BCUT2D eigenvalue weighted by Crippen LogP contribution is -2.40. The fourth-order valence-electron chi connectivity index (χ4n) is 2.94. The molecule has 0 bridgehead atoms. The SMILES string of the molecule is CCC(NC1CCCCC1CC)c1nccs1. The van der Waals surface area contributed by atoms with Crippen molar-refractivity contribution in [1.82, 2.24) is 10.3 Å². The molecule has 1 aromatic rings. The summed E-state index contributed by atoms with van der Waals surface area (Å²) >= 11 is 1.78. The van der Waals surface area contributed by atoms with Crippen molar-refractivity contribution in [2.75, 3.05) is 0 Å². The van der Waals surface area contributed by atoms with Gasteiger partial charge < -0.3 is 5.32 Å². The molecule has 3 heteroatoms. The molecule has 2 nitrogen and oxygen atoms in total. The van der Waals surface area contributed by atoms with E-state index in [1.54, 1.807) is 11.3 Å². The topological polar surface area (TPSA) is 24.9 Å². The van der Waals surface area contributed by atoms with Crippen molar-refractivity contribution >= 4 is 11.3 Å². The van der Waals surface area contributed by atoms with Crippen molar-refractivity contribution in [2.45, 2.75) is 64.5 Å². The number of aromatic nitrogens is 1. The fourth-order valence-corrected chi connectivity index (χ4v) is 3.73. The zero-order chi connectivity index (χ0) is 12.1. The summed E-state index contributed by atoms with van der Waals surface area (Å²) in [5.74, 6) is 0.873. The molecule has 1 heterocycles. The molecular formula is C14H24N2S. The second-order valence-electron chi connectivity index (χ2n) is 5.06. The van der Waals surface area contributed by atoms with Gasteiger partial charge in [0.05, 0.1) is 6.04 Å². The Hall–Kier alpha value is -0.410. The predicted octanol–water partition coefficient (Wildman–Crippen LogP) is 4.15. The Bertz CT molecular complexity index is 310. The minimum atomic E-state index is 0.465. The Morgan fingerprint density at radius 1 is 1.41 bits per heavy atom. The fraction of sp³-hybridized carbons (Fsp3) is 0.786. The molecular weight excluding hydrogens is 228 g/mol. The average Bonchev–Trinajstić information content (AvgIpc) is 2.90. The van der Waals surface area contributed by atoms with Crippen LogP contribution in [0.25, 0.3) is 0 Å². The first-order chi connectivity index (χ1) is 8.35. The van der Waals surface area contributed by atoms with Crippen molar-refractivity contribution in [3.05, 3.63) is 16.6 Å². The Balaban J connectivity index is 1.97. The molecule has 96 valence electrons. The second kappa shape index (κ2) is 6.50. The van der Waals surface area contributed by atoms with Gasteiger partial charge >= 0.3 is 0 Å². The second-order valence-corrected chi connectivity index (χ2v) is 5.98. The third-order valence-corrected chi connectivity index (χ3v) is 4.90. The van der Waals surface area contributed by atoms with E-state index in [1.807, 2.05) is 6.20 Å². The average molecular weight is 252 g/mol. The highest BCUT2D eigenvalue weighted by Gasteiger charge is 2.26. The van der Waals surface area contributed by atoms with Gasteiger partial charge in [-0.1, -0.05) is 33.1 Å². The lowest BCUT2D eigenvalue weighted by atomic mass is 9.82. The van der Waals surface area contributed by atoms with Crippen LogP contribution in [0.4, 0.5) is 0 Å². The van der Waals surface area contributed by atoms with Gasteiger partial charge in [-0.15, -0.1) is 11.3 Å². The van der Waals surface area contributed by atoms with E-state index in [4.69, 9.17) is 0 Å². The largest absolute Gasteiger partial charge is 0.305 e. The van der Waals surface area contributed by atoms with Crippen LogP contribution in [0.2, 0.25) is 0 Å². The number of nitrogens with zero attached hydrogens (tertiary/aromatic N) is 1. The van der Waals surface area contributed by atoms with Crippen LogP contribution in [0, 0.1) is 5.92 Å². The monoisotopic (exact) mass is 252 g/mol. The Labute approximate surface area is 109 Å². The number of thiazole rings is 1. The third kappa shape index (κ3) is 3.29. The highest BCUT2D eigenvalue weighted by Crippen LogP contribution is 2.30. The maximum atomic E-state index is 4.46. The standard InChI is InChI=1S/C14H24N2S/c1-3-11-7-5-6-8-13(11)16-12(4-2)14-15-9-10-17-14/h9-13,16H,3-8H2,1-2H3. The minimum absolute atomic E-state index is 0.465. The molecule has 2 rings (SSSR count). The first-order valence-electron chi connectivity index (χ1n) is 7.00. The smallest absolute Gasteiger partial charge is 0.109 e. The van der Waals surface area contributed by atoms with Crippen LogP contribution < -0.4 is 5.32 Å². The quantitative estimate of drug-likeness (QED) is 0.851. The van der Waals surface area contributed by atoms with Crippen molar-refractivity contribution in [2.24, 2.45) is 5.92 Å². The van der Waals surface area contributed by atoms with Crippen LogP contribution in [0.1, 0.15) is 63.4 Å². The Morgan fingerprint density at radius 2 is 2.24 bits per heavy atom. The lowest BCUT2D eigenvalue weighted by Gasteiger charge is -2.34. The molecule has 0 amide bonds. The van der Waals surface area contributed by atoms with Crippen LogP contribution in [0.3, 0.4) is 0 Å². The molecule has 1 saturated carbocycles. The van der Waals surface area contributed by atoms with Crippen LogP contribution in [0.5, 0.6) is 0 Å². The molecule has 0 radical (unpaired) electrons. The van der Waals surface area contributed by atoms with E-state index in [2.05, 4.69) is 29.5 Å². The van der Waals surface area contributed by atoms with Gasteiger partial charge in [0, 0.05) is 17.6 Å². The first-order valence-corrected chi connectivity index (χ1v) is 7.88. The molecule has 1 aliphatic carbocycles. The molecule has 0 spiro atoms. The Kier molecular flexibility index (Phi) is 4.99. The summed E-state index contributed by atoms with van der Waals surface area (Å²) in [7, 11) is 0. The molecule has 1 aliphatic rings. The van der Waals surface area contributed by atoms with Gasteiger partial charge in [0.2, 0.25) is 0 Å². The highest BCUT2D eigenvalue weighted by atomic mass is 32.1. The van der Waals surface area contributed by atoms with E-state index in [-0.39, 0.29) is 0 Å². The minimum Gasteiger partial charge on any atom is -0.305 e. The maximum Gasteiger partial charge on any atom is 0.109 e. The lowest BCUT2D eigenvalue weighted by molar-refractivity contribution is 0.234. The molecule has 3 atom stereocenters. The van der Waals surface area contributed by atoms with Gasteiger partial charge in [-0.05, 0) is 25.2 Å². The summed E-state index contributed by atoms with van der Waals surface area (Å²) in [6.45, 7) is 4.58. The van der Waals surface area contributed by atoms with Crippen LogP contribution in [-0.4, -0.2) is 11.0 Å². The van der Waals surface area contributed by atoms with Crippen LogP contribution in [-0.2, 0) is 0 Å². The molecule has 1 N–H and O–H groups in total. The highest BCUT2D eigenvalue weighted by molar-refractivity contribution is 7.09. The molecule has 1 fully saturated rings. The zero-order valence-electron chi connectivity index (χ0n) is 11.0. The molecule has 0 saturated heterocycles. The number of hydrogen-bond donors (Lipinski definition) is 1. The zero-order valence-corrected chi connectivity index (χ0v) is 11.8. The summed E-state index contributed by atoms with van der Waals surface area (Å²) in [6, 6.07) is 1.18. The molecule has 1 aromatic heterocycles. The number of rotatable bonds is 5. The summed E-state index contributed by atoms with van der Waals surface area (Å²) in [4.78, 5) is 4.46. The van der Waals surface area contributed by atoms with Gasteiger partial charge in [-0.3, -0.25) is 0 Å². The van der Waals surface area contributed by atoms with Crippen molar-refractivity contribution in [1.29, 1.82) is 0 Å². The van der Waals surface area contributed by atoms with Gasteiger partial charge in [-0.25, -0.2) is 4.98 Å². The number of hydrogen-bond acceptors (Lipinski definition) is 3. The molecule has 0 aromatic carbocycles. The summed E-state index contributed by atoms with van der Waals surface area (Å²) in [6.07, 6.45) is 9.94. The van der Waals surface area contributed by atoms with E-state index in [9.17, 15) is 0 Å². The first kappa shape index (κ1) is 13.0. The van der Waals surface area contributed by atoms with E-state index in [0.717, 1.165) is 12.3 Å². The number of nitrogens with one attached hydrogen (secondary N) is 1. The summed E-state index contributed by atoms with van der Waals surface area (Å²) in [5, 5.41) is 7.20. The summed E-state index contributed by atoms with van der Waals surface area (Å²) < 4.78 is 0. The molecule has 17 heavy (non-hydrogen) atoms. The molecule has 3 unspecified atom stereocenters. The van der Waals surface area contributed by atoms with E-state index < -0.39 is 0 Å². The Morgan fingerprint density at radius 3 is 2.88 bits per heavy atom. The van der Waals surface area contributed by atoms with Crippen molar-refractivity contribution < 1.29 is 0 Å². The van der Waals surface area contributed by atoms with Crippen molar-refractivity contribution in [3.8, 4) is 0 Å². The van der Waals surface area contributed by atoms with Crippen molar-refractivity contribution in [3.63, 3.8) is 0 Å². The van der Waals surface area contributed by atoms with Gasteiger partial charge in [0.1, 0.15) is 5.01 Å². The van der Waals surface area contributed by atoms with E-state index in [0.29, 0.717) is 12.1 Å². The van der Waals surface area contributed by atoms with Crippen LogP contribution in [0.15, 0.2) is 11.6 Å². The predicted molar refractivity (Wildman–Crippen MR) is 74.3 cm³/mol. The van der Waals surface area contributed by atoms with E-state index in [1.165, 1.54) is 37.1 Å². The van der Waals surface area contributed by atoms with Gasteiger partial charge in [0.25, 0.3) is 0 Å². The van der Waals surface area contributed by atoms with Gasteiger partial charge in [0.15, 0.2) is 0 Å². The third-order valence-electron chi connectivity index (χ3n) is 4.01. The van der Waals surface area contributed by atoms with Gasteiger partial charge in [-0.2, -0.15) is 0 Å². The van der Waals surface area contributed by atoms with Crippen LogP contribution >= 0.6 is 11.3 Å².